The van der Waals surface area contributed by atoms with Crippen molar-refractivity contribution < 1.29 is 0 Å². The number of hydrogen-bond donors (Lipinski definition) is 2. The summed E-state index contributed by atoms with van der Waals surface area (Å²) in [6.45, 7) is 8.09. The van der Waals surface area contributed by atoms with Crippen LogP contribution in [0, 0.1) is 5.92 Å². The molecular weight excluding hydrogens is 210 g/mol. The van der Waals surface area contributed by atoms with Gasteiger partial charge in [0.05, 0.1) is 0 Å². The predicted octanol–water partition coefficient (Wildman–Crippen LogP) is 1.69. The molecule has 0 aromatic rings. The molecule has 0 saturated carbocycles. The molecule has 0 aromatic carbocycles. The van der Waals surface area contributed by atoms with E-state index < -0.39 is 0 Å². The summed E-state index contributed by atoms with van der Waals surface area (Å²) in [4.78, 5) is 2.29. The molecule has 3 heteroatoms. The van der Waals surface area contributed by atoms with Gasteiger partial charge in [0.15, 0.2) is 0 Å². The molecule has 17 heavy (non-hydrogen) atoms. The number of nitrogens with zero attached hydrogens (tertiary/aromatic N) is 1. The lowest BCUT2D eigenvalue weighted by molar-refractivity contribution is 0.287. The van der Waals surface area contributed by atoms with E-state index in [0.29, 0.717) is 12.1 Å². The van der Waals surface area contributed by atoms with Gasteiger partial charge in [0, 0.05) is 25.2 Å². The lowest BCUT2D eigenvalue weighted by Gasteiger charge is -2.29. The van der Waals surface area contributed by atoms with Crippen molar-refractivity contribution in [2.24, 2.45) is 5.92 Å². The van der Waals surface area contributed by atoms with Crippen molar-refractivity contribution in [2.45, 2.75) is 51.6 Å². The van der Waals surface area contributed by atoms with Gasteiger partial charge in [-0.15, -0.1) is 0 Å². The minimum Gasteiger partial charge on any atom is -0.313 e. The van der Waals surface area contributed by atoms with Crippen LogP contribution in [0.4, 0.5) is 0 Å². The number of rotatable bonds is 7. The topological polar surface area (TPSA) is 27.3 Å². The summed E-state index contributed by atoms with van der Waals surface area (Å²) in [6.07, 6.45) is 5.35. The van der Waals surface area contributed by atoms with E-state index in [1.165, 1.54) is 32.2 Å². The fourth-order valence-corrected chi connectivity index (χ4v) is 2.64. The standard InChI is InChI=1S/C14H31N3/c1-12(2)9-14(11-17(3)4)16-10-13-7-5-6-8-15-13/h12-16H,5-11H2,1-4H3. The molecule has 0 bridgehead atoms. The van der Waals surface area contributed by atoms with Crippen molar-refractivity contribution in [1.82, 2.24) is 15.5 Å². The molecular formula is C14H31N3. The van der Waals surface area contributed by atoms with E-state index in [1.54, 1.807) is 0 Å². The smallest absolute Gasteiger partial charge is 0.0197 e. The van der Waals surface area contributed by atoms with E-state index in [-0.39, 0.29) is 0 Å². The van der Waals surface area contributed by atoms with Gasteiger partial charge in [-0.05, 0) is 45.8 Å². The van der Waals surface area contributed by atoms with Crippen LogP contribution in [0.25, 0.3) is 0 Å². The fourth-order valence-electron chi connectivity index (χ4n) is 2.64. The van der Waals surface area contributed by atoms with Crippen LogP contribution >= 0.6 is 0 Å². The minimum absolute atomic E-state index is 0.633. The highest BCUT2D eigenvalue weighted by molar-refractivity contribution is 4.78. The van der Waals surface area contributed by atoms with Crippen molar-refractivity contribution in [1.29, 1.82) is 0 Å². The third kappa shape index (κ3) is 7.02. The average Bonchev–Trinajstić information content (AvgIpc) is 2.26. The molecule has 1 aliphatic heterocycles. The summed E-state index contributed by atoms with van der Waals surface area (Å²) >= 11 is 0. The zero-order valence-corrected chi connectivity index (χ0v) is 12.1. The van der Waals surface area contributed by atoms with E-state index in [0.717, 1.165) is 19.0 Å². The monoisotopic (exact) mass is 241 g/mol. The van der Waals surface area contributed by atoms with E-state index >= 15 is 0 Å². The lowest BCUT2D eigenvalue weighted by Crippen LogP contribution is -2.47. The van der Waals surface area contributed by atoms with Crippen molar-refractivity contribution in [3.63, 3.8) is 0 Å². The van der Waals surface area contributed by atoms with E-state index in [2.05, 4.69) is 43.5 Å². The molecule has 0 radical (unpaired) electrons. The second kappa shape index (κ2) is 8.06. The Morgan fingerprint density at radius 3 is 2.59 bits per heavy atom. The van der Waals surface area contributed by atoms with Crippen molar-refractivity contribution in [3.05, 3.63) is 0 Å². The molecule has 102 valence electrons. The molecule has 0 aromatic heterocycles. The van der Waals surface area contributed by atoms with Crippen LogP contribution < -0.4 is 10.6 Å². The summed E-state index contributed by atoms with van der Waals surface area (Å²) in [5, 5.41) is 7.35. The number of piperidine rings is 1. The van der Waals surface area contributed by atoms with Gasteiger partial charge >= 0.3 is 0 Å². The second-order valence-electron chi connectivity index (χ2n) is 6.14. The minimum atomic E-state index is 0.633. The molecule has 3 nitrogen and oxygen atoms in total. The van der Waals surface area contributed by atoms with Crippen LogP contribution in [0.15, 0.2) is 0 Å². The molecule has 0 amide bonds. The maximum Gasteiger partial charge on any atom is 0.0197 e. The quantitative estimate of drug-likeness (QED) is 0.710. The molecule has 1 aliphatic rings. The Bertz CT molecular complexity index is 176. The highest BCUT2D eigenvalue weighted by Gasteiger charge is 2.16. The first-order valence-electron chi connectivity index (χ1n) is 7.19. The van der Waals surface area contributed by atoms with Crippen LogP contribution in [-0.2, 0) is 0 Å². The van der Waals surface area contributed by atoms with Crippen LogP contribution in [0.3, 0.4) is 0 Å². The van der Waals surface area contributed by atoms with Gasteiger partial charge in [-0.3, -0.25) is 0 Å². The molecule has 2 N–H and O–H groups in total. The zero-order valence-electron chi connectivity index (χ0n) is 12.1. The summed E-state index contributed by atoms with van der Waals surface area (Å²) in [6, 6.07) is 1.33. The van der Waals surface area contributed by atoms with Gasteiger partial charge in [0.2, 0.25) is 0 Å². The van der Waals surface area contributed by atoms with Gasteiger partial charge < -0.3 is 15.5 Å². The van der Waals surface area contributed by atoms with Crippen LogP contribution in [-0.4, -0.2) is 50.7 Å². The van der Waals surface area contributed by atoms with Crippen molar-refractivity contribution >= 4 is 0 Å². The molecule has 2 unspecified atom stereocenters. The van der Waals surface area contributed by atoms with Crippen molar-refractivity contribution in [2.75, 3.05) is 33.7 Å². The normalized spacial score (nSPS) is 23.3. The molecule has 2 atom stereocenters. The largest absolute Gasteiger partial charge is 0.313 e. The van der Waals surface area contributed by atoms with Gasteiger partial charge in [0.1, 0.15) is 0 Å². The summed E-state index contributed by atoms with van der Waals surface area (Å²) in [5.74, 6) is 0.770. The van der Waals surface area contributed by atoms with Crippen LogP contribution in [0.2, 0.25) is 0 Å². The third-order valence-corrected chi connectivity index (χ3v) is 3.41. The Balaban J connectivity index is 2.26. The van der Waals surface area contributed by atoms with Gasteiger partial charge in [-0.25, -0.2) is 0 Å². The maximum atomic E-state index is 3.75. The van der Waals surface area contributed by atoms with Crippen LogP contribution in [0.5, 0.6) is 0 Å². The molecule has 1 saturated heterocycles. The Morgan fingerprint density at radius 1 is 1.29 bits per heavy atom. The zero-order chi connectivity index (χ0) is 12.7. The summed E-state index contributed by atoms with van der Waals surface area (Å²) in [7, 11) is 4.32. The molecule has 1 heterocycles. The SMILES string of the molecule is CC(C)CC(CN(C)C)NCC1CCCCN1. The van der Waals surface area contributed by atoms with E-state index in [4.69, 9.17) is 0 Å². The Kier molecular flexibility index (Phi) is 7.09. The predicted molar refractivity (Wildman–Crippen MR) is 75.4 cm³/mol. The Morgan fingerprint density at radius 2 is 2.06 bits per heavy atom. The molecule has 1 fully saturated rings. The first kappa shape index (κ1) is 14.9. The van der Waals surface area contributed by atoms with Crippen molar-refractivity contribution in [3.8, 4) is 0 Å². The van der Waals surface area contributed by atoms with Gasteiger partial charge in [-0.1, -0.05) is 20.3 Å². The van der Waals surface area contributed by atoms with Gasteiger partial charge in [-0.2, -0.15) is 0 Å². The first-order chi connectivity index (χ1) is 8.08. The third-order valence-electron chi connectivity index (χ3n) is 3.41. The maximum absolute atomic E-state index is 3.75. The number of likely N-dealkylation sites (N-methyl/N-ethyl adjacent to an activating group) is 1. The number of hydrogen-bond acceptors (Lipinski definition) is 3. The average molecular weight is 241 g/mol. The van der Waals surface area contributed by atoms with E-state index in [1.807, 2.05) is 0 Å². The highest BCUT2D eigenvalue weighted by atomic mass is 15.1. The highest BCUT2D eigenvalue weighted by Crippen LogP contribution is 2.08. The first-order valence-corrected chi connectivity index (χ1v) is 7.19. The summed E-state index contributed by atoms with van der Waals surface area (Å²) in [5.41, 5.74) is 0. The van der Waals surface area contributed by atoms with Crippen LogP contribution in [0.1, 0.15) is 39.5 Å². The Hall–Kier alpha value is -0.120. The lowest BCUT2D eigenvalue weighted by atomic mass is 10.0. The van der Waals surface area contributed by atoms with E-state index in [9.17, 15) is 0 Å². The Labute approximate surface area is 107 Å². The molecule has 0 spiro atoms. The fraction of sp³-hybridized carbons (Fsp3) is 1.00. The second-order valence-corrected chi connectivity index (χ2v) is 6.14. The van der Waals surface area contributed by atoms with Gasteiger partial charge in [0.25, 0.3) is 0 Å². The molecule has 1 rings (SSSR count). The molecule has 0 aliphatic carbocycles. The number of nitrogens with one attached hydrogen (secondary N) is 2. The summed E-state index contributed by atoms with van der Waals surface area (Å²) < 4.78 is 0.